The van der Waals surface area contributed by atoms with Gasteiger partial charge in [-0.2, -0.15) is 4.31 Å². The molecule has 0 aliphatic heterocycles. The summed E-state index contributed by atoms with van der Waals surface area (Å²) in [6.07, 6.45) is 1.50. The highest BCUT2D eigenvalue weighted by Gasteiger charge is 2.19. The van der Waals surface area contributed by atoms with Crippen molar-refractivity contribution >= 4 is 26.0 Å². The molecule has 0 atom stereocenters. The molecule has 11 heteroatoms. The van der Waals surface area contributed by atoms with Gasteiger partial charge >= 0.3 is 0 Å². The third-order valence-electron chi connectivity index (χ3n) is 3.32. The van der Waals surface area contributed by atoms with Crippen molar-refractivity contribution in [3.05, 3.63) is 29.8 Å². The highest BCUT2D eigenvalue weighted by Crippen LogP contribution is 2.08. The van der Waals surface area contributed by atoms with Crippen molar-refractivity contribution in [3.8, 4) is 0 Å². The molecule has 0 saturated heterocycles. The number of benzene rings is 1. The number of carbonyl (C=O) groups is 1. The zero-order chi connectivity index (χ0) is 19.1. The Morgan fingerprint density at radius 2 is 1.80 bits per heavy atom. The molecule has 142 valence electrons. The summed E-state index contributed by atoms with van der Waals surface area (Å²) in [6, 6.07) is 5.99. The van der Waals surface area contributed by atoms with Gasteiger partial charge in [-0.1, -0.05) is 12.1 Å². The van der Waals surface area contributed by atoms with Gasteiger partial charge in [-0.25, -0.2) is 22.0 Å². The van der Waals surface area contributed by atoms with Gasteiger partial charge in [0.15, 0.2) is 0 Å². The molecule has 3 N–H and O–H groups in total. The molecular formula is C14H23N3O6S2. The van der Waals surface area contributed by atoms with Crippen LogP contribution in [-0.4, -0.2) is 66.7 Å². The van der Waals surface area contributed by atoms with Crippen molar-refractivity contribution < 1.29 is 26.4 Å². The normalized spacial score (nSPS) is 12.3. The second-order valence-corrected chi connectivity index (χ2v) is 8.92. The molecule has 0 aliphatic rings. The molecule has 1 amide bonds. The van der Waals surface area contributed by atoms with E-state index in [4.69, 9.17) is 9.88 Å². The SMILES string of the molecule is COCCN(CC(=O)NCCc1ccc(S(N)(=O)=O)cc1)S(C)(=O)=O. The third kappa shape index (κ3) is 7.92. The minimum absolute atomic E-state index is 0.0159. The highest BCUT2D eigenvalue weighted by atomic mass is 32.2. The molecule has 0 aliphatic carbocycles. The maximum Gasteiger partial charge on any atom is 0.238 e. The van der Waals surface area contributed by atoms with Gasteiger partial charge in [-0.05, 0) is 24.1 Å². The number of ether oxygens (including phenoxy) is 1. The molecule has 0 spiro atoms. The van der Waals surface area contributed by atoms with Crippen LogP contribution in [0.1, 0.15) is 5.56 Å². The predicted molar refractivity (Wildman–Crippen MR) is 92.8 cm³/mol. The van der Waals surface area contributed by atoms with Gasteiger partial charge < -0.3 is 10.1 Å². The smallest absolute Gasteiger partial charge is 0.238 e. The fourth-order valence-electron chi connectivity index (χ4n) is 1.96. The fraction of sp³-hybridized carbons (Fsp3) is 0.500. The van der Waals surface area contributed by atoms with E-state index in [1.165, 1.54) is 19.2 Å². The van der Waals surface area contributed by atoms with Crippen molar-refractivity contribution in [2.45, 2.75) is 11.3 Å². The second kappa shape index (κ2) is 9.25. The molecule has 1 rings (SSSR count). The summed E-state index contributed by atoms with van der Waals surface area (Å²) in [4.78, 5) is 11.9. The first kappa shape index (κ1) is 21.5. The van der Waals surface area contributed by atoms with Crippen LogP contribution in [0.25, 0.3) is 0 Å². The number of rotatable bonds is 10. The van der Waals surface area contributed by atoms with Crippen molar-refractivity contribution in [2.75, 3.05) is 39.6 Å². The number of amides is 1. The van der Waals surface area contributed by atoms with E-state index < -0.39 is 26.0 Å². The maximum absolute atomic E-state index is 11.9. The lowest BCUT2D eigenvalue weighted by Gasteiger charge is -2.18. The summed E-state index contributed by atoms with van der Waals surface area (Å²) in [5, 5.41) is 7.64. The summed E-state index contributed by atoms with van der Waals surface area (Å²) < 4.78 is 51.4. The van der Waals surface area contributed by atoms with E-state index in [0.717, 1.165) is 16.1 Å². The van der Waals surface area contributed by atoms with E-state index in [9.17, 15) is 21.6 Å². The average molecular weight is 393 g/mol. The average Bonchev–Trinajstić information content (AvgIpc) is 2.50. The monoisotopic (exact) mass is 393 g/mol. The molecule has 9 nitrogen and oxygen atoms in total. The molecular weight excluding hydrogens is 370 g/mol. The number of sulfonamides is 2. The van der Waals surface area contributed by atoms with Gasteiger partial charge in [-0.3, -0.25) is 4.79 Å². The van der Waals surface area contributed by atoms with Crippen LogP contribution in [0.2, 0.25) is 0 Å². The van der Waals surface area contributed by atoms with Crippen molar-refractivity contribution in [1.29, 1.82) is 0 Å². The standard InChI is InChI=1S/C14H23N3O6S2/c1-23-10-9-17(24(2,19)20)11-14(18)16-8-7-12-3-5-13(6-4-12)25(15,21)22/h3-6H,7-11H2,1-2H3,(H,16,18)(H2,15,21,22). The van der Waals surface area contributed by atoms with Crippen LogP contribution in [0.3, 0.4) is 0 Å². The molecule has 25 heavy (non-hydrogen) atoms. The number of hydrogen-bond donors (Lipinski definition) is 2. The highest BCUT2D eigenvalue weighted by molar-refractivity contribution is 7.89. The van der Waals surface area contributed by atoms with E-state index in [1.807, 2.05) is 0 Å². The summed E-state index contributed by atoms with van der Waals surface area (Å²) in [5.41, 5.74) is 0.812. The van der Waals surface area contributed by atoms with Crippen LogP contribution in [0.4, 0.5) is 0 Å². The predicted octanol–water partition coefficient (Wildman–Crippen LogP) is -1.10. The van der Waals surface area contributed by atoms with Crippen molar-refractivity contribution in [2.24, 2.45) is 5.14 Å². The maximum atomic E-state index is 11.9. The minimum Gasteiger partial charge on any atom is -0.383 e. The fourth-order valence-corrected chi connectivity index (χ4v) is 3.24. The number of methoxy groups -OCH3 is 1. The van der Waals surface area contributed by atoms with E-state index in [2.05, 4.69) is 5.32 Å². The Morgan fingerprint density at radius 3 is 2.28 bits per heavy atom. The largest absolute Gasteiger partial charge is 0.383 e. The topological polar surface area (TPSA) is 136 Å². The Kier molecular flexibility index (Phi) is 7.96. The number of nitrogens with zero attached hydrogens (tertiary/aromatic N) is 1. The Balaban J connectivity index is 2.50. The number of hydrogen-bond acceptors (Lipinski definition) is 6. The molecule has 0 aromatic heterocycles. The lowest BCUT2D eigenvalue weighted by Crippen LogP contribution is -2.42. The zero-order valence-electron chi connectivity index (χ0n) is 14.1. The van der Waals surface area contributed by atoms with E-state index >= 15 is 0 Å². The van der Waals surface area contributed by atoms with E-state index in [-0.39, 0.29) is 31.1 Å². The first-order valence-corrected chi connectivity index (χ1v) is 10.8. The molecule has 0 saturated carbocycles. The Morgan fingerprint density at radius 1 is 1.20 bits per heavy atom. The van der Waals surface area contributed by atoms with Crippen LogP contribution in [0.5, 0.6) is 0 Å². The molecule has 0 radical (unpaired) electrons. The van der Waals surface area contributed by atoms with Crippen LogP contribution < -0.4 is 10.5 Å². The molecule has 0 fully saturated rings. The molecule has 0 bridgehead atoms. The minimum atomic E-state index is -3.73. The number of carbonyl (C=O) groups excluding carboxylic acids is 1. The van der Waals surface area contributed by atoms with Crippen LogP contribution in [0, 0.1) is 0 Å². The van der Waals surface area contributed by atoms with Crippen LogP contribution in [0.15, 0.2) is 29.2 Å². The van der Waals surface area contributed by atoms with Gasteiger partial charge in [-0.15, -0.1) is 0 Å². The van der Waals surface area contributed by atoms with E-state index in [1.54, 1.807) is 12.1 Å². The van der Waals surface area contributed by atoms with Gasteiger partial charge in [0, 0.05) is 20.2 Å². The quantitative estimate of drug-likeness (QED) is 0.518. The second-order valence-electron chi connectivity index (χ2n) is 5.38. The third-order valence-corrected chi connectivity index (χ3v) is 5.50. The number of primary sulfonamides is 1. The Bertz CT molecular complexity index is 775. The summed E-state index contributed by atoms with van der Waals surface area (Å²) >= 11 is 0. The first-order chi connectivity index (χ1) is 11.5. The Hall–Kier alpha value is -1.53. The molecule has 0 unspecified atom stereocenters. The van der Waals surface area contributed by atoms with Crippen molar-refractivity contribution in [1.82, 2.24) is 9.62 Å². The van der Waals surface area contributed by atoms with Crippen LogP contribution >= 0.6 is 0 Å². The van der Waals surface area contributed by atoms with E-state index in [0.29, 0.717) is 6.42 Å². The van der Waals surface area contributed by atoms with Gasteiger partial charge in [0.1, 0.15) is 0 Å². The Labute approximate surface area is 148 Å². The molecule has 0 heterocycles. The summed E-state index contributed by atoms with van der Waals surface area (Å²) in [6.45, 7) is 0.288. The lowest BCUT2D eigenvalue weighted by molar-refractivity contribution is -0.121. The first-order valence-electron chi connectivity index (χ1n) is 7.36. The zero-order valence-corrected chi connectivity index (χ0v) is 15.8. The number of nitrogens with one attached hydrogen (secondary N) is 1. The lowest BCUT2D eigenvalue weighted by atomic mass is 10.1. The summed E-state index contributed by atoms with van der Waals surface area (Å²) in [7, 11) is -5.79. The van der Waals surface area contributed by atoms with Crippen molar-refractivity contribution in [3.63, 3.8) is 0 Å². The van der Waals surface area contributed by atoms with Gasteiger partial charge in [0.25, 0.3) is 0 Å². The van der Waals surface area contributed by atoms with Crippen LogP contribution in [-0.2, 0) is 36.0 Å². The van der Waals surface area contributed by atoms with Gasteiger partial charge in [0.2, 0.25) is 26.0 Å². The molecule has 1 aromatic carbocycles. The number of nitrogens with two attached hydrogens (primary N) is 1. The van der Waals surface area contributed by atoms with Gasteiger partial charge in [0.05, 0.1) is 24.3 Å². The summed E-state index contributed by atoms with van der Waals surface area (Å²) in [5.74, 6) is -0.428. The molecule has 1 aromatic rings.